The molecule has 0 bridgehead atoms. The number of anilines is 2. The Bertz CT molecular complexity index is 1070. The van der Waals surface area contributed by atoms with Crippen molar-refractivity contribution in [1.29, 1.82) is 5.26 Å². The molecule has 1 aliphatic carbocycles. The van der Waals surface area contributed by atoms with Gasteiger partial charge in [-0.3, -0.25) is 9.69 Å². The summed E-state index contributed by atoms with van der Waals surface area (Å²) in [6, 6.07) is 5.55. The zero-order valence-corrected chi connectivity index (χ0v) is 15.9. The van der Waals surface area contributed by atoms with Crippen LogP contribution < -0.4 is 14.5 Å². The molecule has 10 heteroatoms. The topological polar surface area (TPSA) is 82.4 Å². The number of methoxy groups -OCH3 is 1. The molecule has 2 aromatic rings. The van der Waals surface area contributed by atoms with E-state index < -0.39 is 23.0 Å². The van der Waals surface area contributed by atoms with E-state index in [0.717, 1.165) is 23.6 Å². The summed E-state index contributed by atoms with van der Waals surface area (Å²) in [4.78, 5) is 24.0. The third kappa shape index (κ3) is 2.77. The van der Waals surface area contributed by atoms with Crippen molar-refractivity contribution in [3.63, 3.8) is 0 Å². The van der Waals surface area contributed by atoms with Gasteiger partial charge in [0, 0.05) is 6.07 Å². The SMILES string of the molecule is C=C1N(c2cnc(C#N)c(C(F)(F)F)c2)C(=O)C2(CCC2)N1c1ccc(OC)nc1. The molecule has 1 saturated heterocycles. The van der Waals surface area contributed by atoms with Crippen molar-refractivity contribution < 1.29 is 22.7 Å². The number of alkyl halides is 3. The number of hydrogen-bond donors (Lipinski definition) is 0. The van der Waals surface area contributed by atoms with Gasteiger partial charge in [0.2, 0.25) is 5.88 Å². The first-order chi connectivity index (χ1) is 14.2. The van der Waals surface area contributed by atoms with E-state index in [1.807, 2.05) is 0 Å². The lowest BCUT2D eigenvalue weighted by Crippen LogP contribution is -2.54. The molecule has 0 aromatic carbocycles. The smallest absolute Gasteiger partial charge is 0.419 e. The maximum absolute atomic E-state index is 13.4. The molecule has 7 nitrogen and oxygen atoms in total. The van der Waals surface area contributed by atoms with Gasteiger partial charge < -0.3 is 9.64 Å². The Kier molecular flexibility index (Phi) is 4.42. The Morgan fingerprint density at radius 2 is 1.93 bits per heavy atom. The zero-order valence-electron chi connectivity index (χ0n) is 15.9. The van der Waals surface area contributed by atoms with Gasteiger partial charge in [0.1, 0.15) is 17.4 Å². The second kappa shape index (κ2) is 6.73. The summed E-state index contributed by atoms with van der Waals surface area (Å²) in [6.07, 6.45) is -0.317. The minimum atomic E-state index is -4.79. The van der Waals surface area contributed by atoms with Crippen LogP contribution in [0.5, 0.6) is 5.88 Å². The molecule has 2 aromatic heterocycles. The second-order valence-electron chi connectivity index (χ2n) is 7.04. The van der Waals surface area contributed by atoms with E-state index in [1.165, 1.54) is 19.4 Å². The van der Waals surface area contributed by atoms with Crippen LogP contribution in [0.4, 0.5) is 24.5 Å². The minimum Gasteiger partial charge on any atom is -0.481 e. The average molecular weight is 415 g/mol. The molecular formula is C20H16F3N5O2. The molecule has 0 atom stereocenters. The van der Waals surface area contributed by atoms with Gasteiger partial charge in [-0.2, -0.15) is 18.4 Å². The Balaban J connectivity index is 1.80. The molecule has 1 amide bonds. The lowest BCUT2D eigenvalue weighted by Gasteiger charge is -2.43. The monoisotopic (exact) mass is 415 g/mol. The molecule has 1 saturated carbocycles. The molecule has 2 aliphatic rings. The van der Waals surface area contributed by atoms with E-state index >= 15 is 0 Å². The van der Waals surface area contributed by atoms with Crippen LogP contribution in [0, 0.1) is 11.3 Å². The highest BCUT2D eigenvalue weighted by molar-refractivity contribution is 6.10. The van der Waals surface area contributed by atoms with Crippen LogP contribution in [-0.2, 0) is 11.0 Å². The normalized spacial score (nSPS) is 17.8. The van der Waals surface area contributed by atoms with Gasteiger partial charge >= 0.3 is 6.18 Å². The highest BCUT2D eigenvalue weighted by Gasteiger charge is 2.59. The fraction of sp³-hybridized carbons (Fsp3) is 0.300. The minimum absolute atomic E-state index is 0.0911. The van der Waals surface area contributed by atoms with Crippen molar-refractivity contribution in [2.75, 3.05) is 16.9 Å². The first-order valence-electron chi connectivity index (χ1n) is 9.04. The van der Waals surface area contributed by atoms with Crippen molar-refractivity contribution in [1.82, 2.24) is 9.97 Å². The number of carbonyl (C=O) groups excluding carboxylic acids is 1. The largest absolute Gasteiger partial charge is 0.481 e. The third-order valence-corrected chi connectivity index (χ3v) is 5.46. The number of carbonyl (C=O) groups is 1. The average Bonchev–Trinajstić information content (AvgIpc) is 2.93. The van der Waals surface area contributed by atoms with Crippen LogP contribution in [0.3, 0.4) is 0 Å². The molecule has 2 fully saturated rings. The number of ether oxygens (including phenoxy) is 1. The van der Waals surface area contributed by atoms with E-state index in [-0.39, 0.29) is 17.4 Å². The summed E-state index contributed by atoms with van der Waals surface area (Å²) in [5.74, 6) is 0.209. The molecule has 0 unspecified atom stereocenters. The summed E-state index contributed by atoms with van der Waals surface area (Å²) in [6.45, 7) is 3.97. The second-order valence-corrected chi connectivity index (χ2v) is 7.04. The van der Waals surface area contributed by atoms with Gasteiger partial charge in [-0.15, -0.1) is 0 Å². The lowest BCUT2D eigenvalue weighted by molar-refractivity contribution is -0.138. The van der Waals surface area contributed by atoms with Crippen molar-refractivity contribution >= 4 is 17.3 Å². The van der Waals surface area contributed by atoms with Crippen LogP contribution in [-0.4, -0.2) is 28.5 Å². The zero-order chi connectivity index (χ0) is 21.7. The highest BCUT2D eigenvalue weighted by Crippen LogP contribution is 2.50. The van der Waals surface area contributed by atoms with Gasteiger partial charge in [-0.05, 0) is 31.4 Å². The Labute approximate surface area is 170 Å². The Hall–Kier alpha value is -3.61. The Morgan fingerprint density at radius 3 is 2.43 bits per heavy atom. The number of aromatic nitrogens is 2. The highest BCUT2D eigenvalue weighted by atomic mass is 19.4. The number of nitrogens with zero attached hydrogens (tertiary/aromatic N) is 5. The van der Waals surface area contributed by atoms with Gasteiger partial charge in [-0.25, -0.2) is 9.97 Å². The van der Waals surface area contributed by atoms with Crippen LogP contribution in [0.2, 0.25) is 0 Å². The summed E-state index contributed by atoms with van der Waals surface area (Å²) in [7, 11) is 1.48. The molecular weight excluding hydrogens is 399 g/mol. The fourth-order valence-electron chi connectivity index (χ4n) is 3.89. The molecule has 4 rings (SSSR count). The van der Waals surface area contributed by atoms with Crippen molar-refractivity contribution in [3.8, 4) is 11.9 Å². The number of rotatable bonds is 3. The molecule has 0 N–H and O–H groups in total. The molecule has 154 valence electrons. The lowest BCUT2D eigenvalue weighted by atomic mass is 9.75. The molecule has 30 heavy (non-hydrogen) atoms. The predicted octanol–water partition coefficient (Wildman–Crippen LogP) is 3.62. The summed E-state index contributed by atoms with van der Waals surface area (Å²) < 4.78 is 45.2. The number of hydrogen-bond acceptors (Lipinski definition) is 6. The quantitative estimate of drug-likeness (QED) is 0.762. The van der Waals surface area contributed by atoms with Gasteiger partial charge in [-0.1, -0.05) is 6.58 Å². The first kappa shape index (κ1) is 19.7. The number of pyridine rings is 2. The van der Waals surface area contributed by atoms with Gasteiger partial charge in [0.15, 0.2) is 5.69 Å². The van der Waals surface area contributed by atoms with Gasteiger partial charge in [0.05, 0.1) is 36.4 Å². The summed E-state index contributed by atoms with van der Waals surface area (Å²) in [5, 5.41) is 8.97. The van der Waals surface area contributed by atoms with Crippen molar-refractivity contribution in [3.05, 3.63) is 54.3 Å². The van der Waals surface area contributed by atoms with E-state index in [0.29, 0.717) is 24.4 Å². The van der Waals surface area contributed by atoms with E-state index in [1.54, 1.807) is 17.0 Å². The maximum atomic E-state index is 13.4. The Morgan fingerprint density at radius 1 is 1.23 bits per heavy atom. The van der Waals surface area contributed by atoms with Gasteiger partial charge in [0.25, 0.3) is 5.91 Å². The summed E-state index contributed by atoms with van der Waals surface area (Å²) in [5.41, 5.74) is -2.39. The molecule has 3 heterocycles. The molecule has 1 aliphatic heterocycles. The summed E-state index contributed by atoms with van der Waals surface area (Å²) >= 11 is 0. The van der Waals surface area contributed by atoms with E-state index in [2.05, 4.69) is 16.5 Å². The third-order valence-electron chi connectivity index (χ3n) is 5.46. The predicted molar refractivity (Wildman–Crippen MR) is 100 cm³/mol. The number of nitriles is 1. The number of halogens is 3. The van der Waals surface area contributed by atoms with E-state index in [4.69, 9.17) is 10.00 Å². The van der Waals surface area contributed by atoms with Crippen LogP contribution >= 0.6 is 0 Å². The van der Waals surface area contributed by atoms with Crippen molar-refractivity contribution in [2.45, 2.75) is 31.0 Å². The first-order valence-corrected chi connectivity index (χ1v) is 9.04. The van der Waals surface area contributed by atoms with Crippen molar-refractivity contribution in [2.24, 2.45) is 0 Å². The van der Waals surface area contributed by atoms with E-state index in [9.17, 15) is 18.0 Å². The molecule has 1 spiro atoms. The van der Waals surface area contributed by atoms with Crippen LogP contribution in [0.15, 0.2) is 43.0 Å². The molecule has 0 radical (unpaired) electrons. The van der Waals surface area contributed by atoms with Crippen LogP contribution in [0.25, 0.3) is 0 Å². The van der Waals surface area contributed by atoms with Crippen LogP contribution in [0.1, 0.15) is 30.5 Å². The number of amides is 1. The maximum Gasteiger partial charge on any atom is 0.419 e. The standard InChI is InChI=1S/C20H16F3N5O2/c1-12-27(14-8-15(20(21,22)23)16(9-24)25-11-14)18(29)19(6-3-7-19)28(12)13-4-5-17(30-2)26-10-13/h4-5,8,10-11H,1,3,6-7H2,2H3. The fourth-order valence-corrected chi connectivity index (χ4v) is 3.89.